The van der Waals surface area contributed by atoms with E-state index in [0.717, 1.165) is 11.3 Å². The molecule has 88 valence electrons. The SMILES string of the molecule is COC(=O)C(Br)C(Br)c1cccc(OC)c1. The Bertz CT molecular complexity index is 368. The van der Waals surface area contributed by atoms with Gasteiger partial charge in [0, 0.05) is 0 Å². The molecule has 5 heteroatoms. The number of alkyl halides is 2. The first kappa shape index (κ1) is 13.5. The van der Waals surface area contributed by atoms with Gasteiger partial charge in [0.15, 0.2) is 0 Å². The second-order valence-electron chi connectivity index (χ2n) is 3.10. The summed E-state index contributed by atoms with van der Waals surface area (Å²) in [6.07, 6.45) is 0. The summed E-state index contributed by atoms with van der Waals surface area (Å²) in [6.45, 7) is 0. The normalized spacial score (nSPS) is 14.0. The Hall–Kier alpha value is -0.550. The van der Waals surface area contributed by atoms with Gasteiger partial charge in [-0.1, -0.05) is 44.0 Å². The van der Waals surface area contributed by atoms with Gasteiger partial charge in [0.2, 0.25) is 0 Å². The minimum atomic E-state index is -0.426. The first-order chi connectivity index (χ1) is 7.60. The third-order valence-electron chi connectivity index (χ3n) is 2.10. The van der Waals surface area contributed by atoms with Crippen LogP contribution in [0.5, 0.6) is 5.75 Å². The molecule has 0 radical (unpaired) electrons. The Morgan fingerprint density at radius 3 is 2.56 bits per heavy atom. The van der Waals surface area contributed by atoms with Crippen molar-refractivity contribution in [3.05, 3.63) is 29.8 Å². The van der Waals surface area contributed by atoms with Crippen LogP contribution in [0.4, 0.5) is 0 Å². The van der Waals surface area contributed by atoms with Crippen LogP contribution in [0.15, 0.2) is 24.3 Å². The molecular formula is C11H12Br2O3. The zero-order chi connectivity index (χ0) is 12.1. The minimum Gasteiger partial charge on any atom is -0.497 e. The molecule has 0 saturated carbocycles. The van der Waals surface area contributed by atoms with Crippen molar-refractivity contribution in [3.63, 3.8) is 0 Å². The van der Waals surface area contributed by atoms with Crippen molar-refractivity contribution < 1.29 is 14.3 Å². The Morgan fingerprint density at radius 2 is 2.00 bits per heavy atom. The van der Waals surface area contributed by atoms with Gasteiger partial charge >= 0.3 is 5.97 Å². The van der Waals surface area contributed by atoms with Crippen molar-refractivity contribution >= 4 is 37.8 Å². The summed E-state index contributed by atoms with van der Waals surface area (Å²) in [4.78, 5) is 10.8. The number of esters is 1. The molecule has 0 fully saturated rings. The third kappa shape index (κ3) is 3.22. The molecule has 0 aromatic heterocycles. The number of hydrogen-bond donors (Lipinski definition) is 0. The van der Waals surface area contributed by atoms with Crippen LogP contribution in [0.2, 0.25) is 0 Å². The average molecular weight is 352 g/mol. The Labute approximate surface area is 111 Å². The van der Waals surface area contributed by atoms with Gasteiger partial charge < -0.3 is 9.47 Å². The van der Waals surface area contributed by atoms with Crippen molar-refractivity contribution in [1.29, 1.82) is 0 Å². The van der Waals surface area contributed by atoms with E-state index in [9.17, 15) is 4.79 Å². The van der Waals surface area contributed by atoms with Crippen LogP contribution in [0.3, 0.4) is 0 Å². The number of benzene rings is 1. The van der Waals surface area contributed by atoms with Gasteiger partial charge in [0.05, 0.1) is 19.0 Å². The van der Waals surface area contributed by atoms with Gasteiger partial charge in [-0.05, 0) is 17.7 Å². The molecule has 0 saturated heterocycles. The number of hydrogen-bond acceptors (Lipinski definition) is 3. The highest BCUT2D eigenvalue weighted by Gasteiger charge is 2.25. The summed E-state index contributed by atoms with van der Waals surface area (Å²) in [5, 5.41) is 0. The first-order valence-electron chi connectivity index (χ1n) is 4.60. The van der Waals surface area contributed by atoms with Crippen molar-refractivity contribution in [3.8, 4) is 5.75 Å². The molecule has 2 atom stereocenters. The number of carbonyl (C=O) groups excluding carboxylic acids is 1. The van der Waals surface area contributed by atoms with Gasteiger partial charge in [-0.25, -0.2) is 0 Å². The van der Waals surface area contributed by atoms with Crippen LogP contribution in [-0.2, 0) is 9.53 Å². The number of ether oxygens (including phenoxy) is 2. The lowest BCUT2D eigenvalue weighted by Gasteiger charge is -2.15. The second kappa shape index (κ2) is 6.25. The predicted molar refractivity (Wildman–Crippen MR) is 69.4 cm³/mol. The molecule has 0 N–H and O–H groups in total. The van der Waals surface area contributed by atoms with Crippen molar-refractivity contribution in [2.24, 2.45) is 0 Å². The van der Waals surface area contributed by atoms with Crippen molar-refractivity contribution in [2.45, 2.75) is 9.65 Å². The van der Waals surface area contributed by atoms with E-state index in [0.29, 0.717) is 0 Å². The first-order valence-corrected chi connectivity index (χ1v) is 6.43. The van der Waals surface area contributed by atoms with Crippen molar-refractivity contribution in [2.75, 3.05) is 14.2 Å². The maximum absolute atomic E-state index is 11.4. The van der Waals surface area contributed by atoms with Gasteiger partial charge in [0.25, 0.3) is 0 Å². The lowest BCUT2D eigenvalue weighted by atomic mass is 10.1. The molecule has 0 bridgehead atoms. The average Bonchev–Trinajstić information content (AvgIpc) is 2.36. The fraction of sp³-hybridized carbons (Fsp3) is 0.364. The monoisotopic (exact) mass is 350 g/mol. The number of rotatable bonds is 4. The lowest BCUT2D eigenvalue weighted by Crippen LogP contribution is -2.20. The fourth-order valence-electron chi connectivity index (χ4n) is 1.21. The van der Waals surface area contributed by atoms with E-state index in [-0.39, 0.29) is 10.8 Å². The molecule has 16 heavy (non-hydrogen) atoms. The van der Waals surface area contributed by atoms with Gasteiger partial charge in [-0.15, -0.1) is 0 Å². The summed E-state index contributed by atoms with van der Waals surface area (Å²) in [7, 11) is 2.97. The Kier molecular flexibility index (Phi) is 5.28. The Morgan fingerprint density at radius 1 is 1.31 bits per heavy atom. The fourth-order valence-corrected chi connectivity index (χ4v) is 2.21. The van der Waals surface area contributed by atoms with Gasteiger partial charge in [0.1, 0.15) is 10.6 Å². The molecule has 0 amide bonds. The van der Waals surface area contributed by atoms with Gasteiger partial charge in [-0.2, -0.15) is 0 Å². The molecular weight excluding hydrogens is 340 g/mol. The highest BCUT2D eigenvalue weighted by Crippen LogP contribution is 2.33. The van der Waals surface area contributed by atoms with E-state index in [4.69, 9.17) is 4.74 Å². The van der Waals surface area contributed by atoms with E-state index in [1.54, 1.807) is 7.11 Å². The molecule has 0 aliphatic carbocycles. The Balaban J connectivity index is 2.86. The largest absolute Gasteiger partial charge is 0.497 e. The van der Waals surface area contributed by atoms with Crippen LogP contribution < -0.4 is 4.74 Å². The third-order valence-corrected chi connectivity index (χ3v) is 4.76. The van der Waals surface area contributed by atoms with Crippen molar-refractivity contribution in [1.82, 2.24) is 0 Å². The van der Waals surface area contributed by atoms with E-state index >= 15 is 0 Å². The lowest BCUT2D eigenvalue weighted by molar-refractivity contribution is -0.139. The van der Waals surface area contributed by atoms with Crippen LogP contribution in [0.1, 0.15) is 10.4 Å². The van der Waals surface area contributed by atoms with Crippen LogP contribution in [0.25, 0.3) is 0 Å². The molecule has 0 aliphatic rings. The van der Waals surface area contributed by atoms with E-state index < -0.39 is 4.83 Å². The van der Waals surface area contributed by atoms with E-state index in [1.807, 2.05) is 24.3 Å². The quantitative estimate of drug-likeness (QED) is 0.617. The number of halogens is 2. The van der Waals surface area contributed by atoms with Gasteiger partial charge in [-0.3, -0.25) is 4.79 Å². The highest BCUT2D eigenvalue weighted by molar-refractivity contribution is 9.12. The number of carbonyl (C=O) groups is 1. The zero-order valence-corrected chi connectivity index (χ0v) is 12.1. The summed E-state index contributed by atoms with van der Waals surface area (Å²) < 4.78 is 9.78. The molecule has 3 nitrogen and oxygen atoms in total. The summed E-state index contributed by atoms with van der Waals surface area (Å²) in [5.41, 5.74) is 0.951. The summed E-state index contributed by atoms with van der Waals surface area (Å²) in [5.74, 6) is 0.441. The molecule has 1 aromatic rings. The zero-order valence-electron chi connectivity index (χ0n) is 8.94. The maximum Gasteiger partial charge on any atom is 0.320 e. The molecule has 0 heterocycles. The number of methoxy groups -OCH3 is 2. The molecule has 2 unspecified atom stereocenters. The molecule has 0 spiro atoms. The van der Waals surface area contributed by atoms with Crippen LogP contribution in [0, 0.1) is 0 Å². The smallest absolute Gasteiger partial charge is 0.320 e. The molecule has 1 aromatic carbocycles. The van der Waals surface area contributed by atoms with E-state index in [1.165, 1.54) is 7.11 Å². The summed E-state index contributed by atoms with van der Waals surface area (Å²) >= 11 is 6.74. The molecule has 1 rings (SSSR count). The topological polar surface area (TPSA) is 35.5 Å². The maximum atomic E-state index is 11.4. The standard InChI is InChI=1S/C11H12Br2O3/c1-15-8-5-3-4-7(6-8)9(12)10(13)11(14)16-2/h3-6,9-10H,1-2H3. The predicted octanol–water partition coefficient (Wildman–Crippen LogP) is 3.07. The highest BCUT2D eigenvalue weighted by atomic mass is 79.9. The minimum absolute atomic E-state index is 0.157. The van der Waals surface area contributed by atoms with E-state index in [2.05, 4.69) is 36.6 Å². The van der Waals surface area contributed by atoms with Crippen LogP contribution >= 0.6 is 31.9 Å². The molecule has 0 aliphatic heterocycles. The van der Waals surface area contributed by atoms with Crippen LogP contribution in [-0.4, -0.2) is 25.0 Å². The second-order valence-corrected chi connectivity index (χ2v) is 5.08. The summed E-state index contributed by atoms with van der Waals surface area (Å²) in [6, 6.07) is 7.51.